The van der Waals surface area contributed by atoms with Crippen LogP contribution in [-0.4, -0.2) is 9.55 Å². The monoisotopic (exact) mass is 205 g/mol. The molecule has 1 aromatic heterocycles. The first-order chi connectivity index (χ1) is 7.27. The highest BCUT2D eigenvalue weighted by Crippen LogP contribution is 2.36. The lowest BCUT2D eigenvalue weighted by molar-refractivity contribution is 0.322. The smallest absolute Gasteiger partial charge is 0.201 e. The number of imidazole rings is 1. The van der Waals surface area contributed by atoms with Gasteiger partial charge in [-0.15, -0.1) is 0 Å². The molecule has 4 heteroatoms. The maximum absolute atomic E-state index is 13.7. The maximum atomic E-state index is 13.7. The number of anilines is 1. The van der Waals surface area contributed by atoms with E-state index in [4.69, 9.17) is 5.73 Å². The minimum absolute atomic E-state index is 0.233. The minimum Gasteiger partial charge on any atom is -0.369 e. The van der Waals surface area contributed by atoms with E-state index in [2.05, 4.69) is 4.98 Å². The fourth-order valence-electron chi connectivity index (χ4n) is 2.14. The second-order valence-electron chi connectivity index (χ2n) is 4.03. The van der Waals surface area contributed by atoms with Crippen molar-refractivity contribution in [3.8, 4) is 0 Å². The minimum atomic E-state index is -0.233. The molecule has 3 rings (SSSR count). The Morgan fingerprint density at radius 1 is 1.40 bits per heavy atom. The largest absolute Gasteiger partial charge is 0.369 e. The average Bonchev–Trinajstić information content (AvgIpc) is 2.42. The summed E-state index contributed by atoms with van der Waals surface area (Å²) in [7, 11) is 0. The number of benzene rings is 1. The van der Waals surface area contributed by atoms with Crippen LogP contribution < -0.4 is 5.73 Å². The van der Waals surface area contributed by atoms with Crippen LogP contribution in [0, 0.1) is 5.82 Å². The number of rotatable bonds is 1. The number of nitrogen functional groups attached to an aromatic ring is 1. The SMILES string of the molecule is Nc1nc2cccc(F)c2n1C1CCC1. The van der Waals surface area contributed by atoms with E-state index in [9.17, 15) is 4.39 Å². The molecule has 1 saturated carbocycles. The number of aromatic nitrogens is 2. The lowest BCUT2D eigenvalue weighted by Gasteiger charge is -2.28. The van der Waals surface area contributed by atoms with Gasteiger partial charge in [0.05, 0.1) is 5.52 Å². The zero-order valence-corrected chi connectivity index (χ0v) is 8.28. The lowest BCUT2D eigenvalue weighted by Crippen LogP contribution is -2.19. The second-order valence-corrected chi connectivity index (χ2v) is 4.03. The molecule has 2 N–H and O–H groups in total. The summed E-state index contributed by atoms with van der Waals surface area (Å²) < 4.78 is 15.5. The molecule has 78 valence electrons. The van der Waals surface area contributed by atoms with E-state index in [1.54, 1.807) is 12.1 Å². The number of hydrogen-bond donors (Lipinski definition) is 1. The van der Waals surface area contributed by atoms with Gasteiger partial charge in [-0.25, -0.2) is 9.37 Å². The number of nitrogens with two attached hydrogens (primary N) is 1. The van der Waals surface area contributed by atoms with Crippen molar-refractivity contribution in [1.29, 1.82) is 0 Å². The first-order valence-electron chi connectivity index (χ1n) is 5.19. The molecule has 0 spiro atoms. The average molecular weight is 205 g/mol. The molecule has 1 fully saturated rings. The van der Waals surface area contributed by atoms with Crippen LogP contribution in [-0.2, 0) is 0 Å². The third-order valence-corrected chi connectivity index (χ3v) is 3.13. The van der Waals surface area contributed by atoms with E-state index in [1.807, 2.05) is 4.57 Å². The van der Waals surface area contributed by atoms with Gasteiger partial charge in [-0.2, -0.15) is 0 Å². The number of fused-ring (bicyclic) bond motifs is 1. The molecule has 3 nitrogen and oxygen atoms in total. The summed E-state index contributed by atoms with van der Waals surface area (Å²) in [6.45, 7) is 0. The van der Waals surface area contributed by atoms with E-state index in [-0.39, 0.29) is 5.82 Å². The molecule has 0 radical (unpaired) electrons. The van der Waals surface area contributed by atoms with E-state index in [0.29, 0.717) is 23.0 Å². The van der Waals surface area contributed by atoms with Gasteiger partial charge in [0.25, 0.3) is 0 Å². The Labute approximate surface area is 86.7 Å². The third kappa shape index (κ3) is 1.14. The Bertz CT molecular complexity index is 514. The van der Waals surface area contributed by atoms with E-state index >= 15 is 0 Å². The van der Waals surface area contributed by atoms with Crippen LogP contribution in [0.3, 0.4) is 0 Å². The molecule has 0 unspecified atom stereocenters. The van der Waals surface area contributed by atoms with E-state index < -0.39 is 0 Å². The number of para-hydroxylation sites is 1. The van der Waals surface area contributed by atoms with Gasteiger partial charge in [-0.1, -0.05) is 6.07 Å². The Morgan fingerprint density at radius 2 is 2.20 bits per heavy atom. The summed E-state index contributed by atoms with van der Waals surface area (Å²) in [5, 5.41) is 0. The summed E-state index contributed by atoms with van der Waals surface area (Å²) in [5.74, 6) is 0.198. The molecule has 0 amide bonds. The summed E-state index contributed by atoms with van der Waals surface area (Å²) in [6.07, 6.45) is 3.34. The van der Waals surface area contributed by atoms with Crippen molar-refractivity contribution in [2.75, 3.05) is 5.73 Å². The lowest BCUT2D eigenvalue weighted by atomic mass is 9.93. The maximum Gasteiger partial charge on any atom is 0.201 e. The summed E-state index contributed by atoms with van der Waals surface area (Å²) in [6, 6.07) is 5.25. The number of nitrogens with zero attached hydrogens (tertiary/aromatic N) is 2. The highest BCUT2D eigenvalue weighted by atomic mass is 19.1. The van der Waals surface area contributed by atoms with Crippen LogP contribution in [0.4, 0.5) is 10.3 Å². The van der Waals surface area contributed by atoms with Crippen molar-refractivity contribution in [3.05, 3.63) is 24.0 Å². The first kappa shape index (κ1) is 8.71. The number of halogens is 1. The standard InChI is InChI=1S/C11H12FN3/c12-8-5-2-6-9-10(8)15(11(13)14-9)7-3-1-4-7/h2,5-7H,1,3-4H2,(H2,13,14). The Kier molecular flexibility index (Phi) is 1.71. The predicted molar refractivity (Wildman–Crippen MR) is 57.0 cm³/mol. The molecule has 1 heterocycles. The number of hydrogen-bond acceptors (Lipinski definition) is 2. The van der Waals surface area contributed by atoms with Crippen LogP contribution in [0.1, 0.15) is 25.3 Å². The van der Waals surface area contributed by atoms with Gasteiger partial charge in [0.15, 0.2) is 0 Å². The molecule has 1 aliphatic rings. The zero-order chi connectivity index (χ0) is 10.4. The van der Waals surface area contributed by atoms with Crippen molar-refractivity contribution in [2.24, 2.45) is 0 Å². The van der Waals surface area contributed by atoms with Gasteiger partial charge in [0, 0.05) is 6.04 Å². The fourth-order valence-corrected chi connectivity index (χ4v) is 2.14. The first-order valence-corrected chi connectivity index (χ1v) is 5.19. The van der Waals surface area contributed by atoms with E-state index in [1.165, 1.54) is 12.5 Å². The van der Waals surface area contributed by atoms with Crippen molar-refractivity contribution >= 4 is 17.0 Å². The van der Waals surface area contributed by atoms with Gasteiger partial charge in [-0.05, 0) is 31.4 Å². The quantitative estimate of drug-likeness (QED) is 0.777. The predicted octanol–water partition coefficient (Wildman–Crippen LogP) is 2.48. The van der Waals surface area contributed by atoms with Crippen LogP contribution in [0.5, 0.6) is 0 Å². The van der Waals surface area contributed by atoms with Crippen molar-refractivity contribution in [2.45, 2.75) is 25.3 Å². The molecule has 0 saturated heterocycles. The normalized spacial score (nSPS) is 16.9. The molecule has 0 bridgehead atoms. The molecular formula is C11H12FN3. The summed E-state index contributed by atoms with van der Waals surface area (Å²) in [5.41, 5.74) is 7.03. The molecule has 1 aliphatic carbocycles. The topological polar surface area (TPSA) is 43.8 Å². The molecule has 1 aromatic carbocycles. The highest BCUT2D eigenvalue weighted by Gasteiger charge is 2.24. The van der Waals surface area contributed by atoms with Crippen LogP contribution in [0.15, 0.2) is 18.2 Å². The molecule has 2 aromatic rings. The van der Waals surface area contributed by atoms with Gasteiger partial charge in [0.2, 0.25) is 5.95 Å². The summed E-state index contributed by atoms with van der Waals surface area (Å²) >= 11 is 0. The van der Waals surface area contributed by atoms with Gasteiger partial charge >= 0.3 is 0 Å². The summed E-state index contributed by atoms with van der Waals surface area (Å²) in [4.78, 5) is 4.18. The molecule has 0 aliphatic heterocycles. The van der Waals surface area contributed by atoms with Crippen molar-refractivity contribution in [1.82, 2.24) is 9.55 Å². The third-order valence-electron chi connectivity index (χ3n) is 3.13. The Hall–Kier alpha value is -1.58. The zero-order valence-electron chi connectivity index (χ0n) is 8.28. The van der Waals surface area contributed by atoms with Gasteiger partial charge in [0.1, 0.15) is 11.3 Å². The molecule has 15 heavy (non-hydrogen) atoms. The van der Waals surface area contributed by atoms with Crippen molar-refractivity contribution < 1.29 is 4.39 Å². The second kappa shape index (κ2) is 2.95. The Morgan fingerprint density at radius 3 is 2.87 bits per heavy atom. The van der Waals surface area contributed by atoms with Crippen LogP contribution in [0.2, 0.25) is 0 Å². The van der Waals surface area contributed by atoms with Crippen molar-refractivity contribution in [3.63, 3.8) is 0 Å². The van der Waals surface area contributed by atoms with Crippen LogP contribution in [0.25, 0.3) is 11.0 Å². The van der Waals surface area contributed by atoms with Crippen LogP contribution >= 0.6 is 0 Å². The van der Waals surface area contributed by atoms with Gasteiger partial charge in [-0.3, -0.25) is 0 Å². The Balaban J connectivity index is 2.30. The highest BCUT2D eigenvalue weighted by molar-refractivity contribution is 5.79. The molecular weight excluding hydrogens is 193 g/mol. The molecule has 0 atom stereocenters. The fraction of sp³-hybridized carbons (Fsp3) is 0.364. The van der Waals surface area contributed by atoms with Gasteiger partial charge < -0.3 is 10.3 Å². The van der Waals surface area contributed by atoms with E-state index in [0.717, 1.165) is 12.8 Å².